The van der Waals surface area contributed by atoms with Crippen molar-refractivity contribution < 1.29 is 13.6 Å². The number of amides is 1. The second kappa shape index (κ2) is 5.46. The standard InChI is InChI=1S/C14H17F2NO/c1-10-4-3-8-17(9-7-10)14(18)11-5-2-6-12(15)13(11)16/h2,5-6,10H,3-4,7-9H2,1H3. The Kier molecular flexibility index (Phi) is 3.94. The molecule has 0 saturated carbocycles. The van der Waals surface area contributed by atoms with Crippen molar-refractivity contribution in [3.63, 3.8) is 0 Å². The van der Waals surface area contributed by atoms with Crippen molar-refractivity contribution in [3.8, 4) is 0 Å². The van der Waals surface area contributed by atoms with Gasteiger partial charge in [0.05, 0.1) is 5.56 Å². The molecule has 1 aromatic rings. The highest BCUT2D eigenvalue weighted by Crippen LogP contribution is 2.20. The smallest absolute Gasteiger partial charge is 0.256 e. The van der Waals surface area contributed by atoms with Crippen molar-refractivity contribution in [1.82, 2.24) is 4.90 Å². The predicted octanol–water partition coefficient (Wildman–Crippen LogP) is 3.23. The third-order valence-corrected chi connectivity index (χ3v) is 3.49. The Balaban J connectivity index is 2.18. The van der Waals surface area contributed by atoms with E-state index in [1.165, 1.54) is 12.1 Å². The Morgan fingerprint density at radius 3 is 2.83 bits per heavy atom. The van der Waals surface area contributed by atoms with Gasteiger partial charge in [-0.1, -0.05) is 13.0 Å². The van der Waals surface area contributed by atoms with Gasteiger partial charge in [0, 0.05) is 13.1 Å². The van der Waals surface area contributed by atoms with E-state index in [1.54, 1.807) is 4.90 Å². The van der Waals surface area contributed by atoms with E-state index in [-0.39, 0.29) is 5.56 Å². The average molecular weight is 253 g/mol. The van der Waals surface area contributed by atoms with Crippen LogP contribution in [-0.4, -0.2) is 23.9 Å². The van der Waals surface area contributed by atoms with Gasteiger partial charge in [0.2, 0.25) is 0 Å². The van der Waals surface area contributed by atoms with Crippen molar-refractivity contribution in [2.75, 3.05) is 13.1 Å². The Morgan fingerprint density at radius 2 is 2.06 bits per heavy atom. The van der Waals surface area contributed by atoms with Gasteiger partial charge >= 0.3 is 0 Å². The van der Waals surface area contributed by atoms with Crippen LogP contribution in [0.15, 0.2) is 18.2 Å². The largest absolute Gasteiger partial charge is 0.339 e. The van der Waals surface area contributed by atoms with Crippen LogP contribution in [0.2, 0.25) is 0 Å². The molecule has 2 rings (SSSR count). The summed E-state index contributed by atoms with van der Waals surface area (Å²) < 4.78 is 26.7. The van der Waals surface area contributed by atoms with E-state index in [0.717, 1.165) is 25.3 Å². The Morgan fingerprint density at radius 1 is 1.28 bits per heavy atom. The average Bonchev–Trinajstić information content (AvgIpc) is 2.57. The quantitative estimate of drug-likeness (QED) is 0.752. The molecular weight excluding hydrogens is 236 g/mol. The molecule has 1 amide bonds. The summed E-state index contributed by atoms with van der Waals surface area (Å²) >= 11 is 0. The summed E-state index contributed by atoms with van der Waals surface area (Å²) in [5, 5.41) is 0. The van der Waals surface area contributed by atoms with Crippen molar-refractivity contribution in [1.29, 1.82) is 0 Å². The molecule has 0 radical (unpaired) electrons. The van der Waals surface area contributed by atoms with Crippen molar-refractivity contribution >= 4 is 5.91 Å². The molecule has 1 fully saturated rings. The third kappa shape index (κ3) is 2.68. The fraction of sp³-hybridized carbons (Fsp3) is 0.500. The SMILES string of the molecule is CC1CCCN(C(=O)c2cccc(F)c2F)CC1. The highest BCUT2D eigenvalue weighted by atomic mass is 19.2. The maximum absolute atomic E-state index is 13.6. The van der Waals surface area contributed by atoms with Gasteiger partial charge in [-0.15, -0.1) is 0 Å². The molecule has 0 N–H and O–H groups in total. The van der Waals surface area contributed by atoms with Crippen LogP contribution in [-0.2, 0) is 0 Å². The fourth-order valence-electron chi connectivity index (χ4n) is 2.31. The second-order valence-corrected chi connectivity index (χ2v) is 4.93. The van der Waals surface area contributed by atoms with Crippen molar-refractivity contribution in [2.24, 2.45) is 5.92 Å². The molecule has 1 unspecified atom stereocenters. The van der Waals surface area contributed by atoms with Crippen LogP contribution in [0.3, 0.4) is 0 Å². The minimum Gasteiger partial charge on any atom is -0.339 e. The molecule has 18 heavy (non-hydrogen) atoms. The van der Waals surface area contributed by atoms with Crippen molar-refractivity contribution in [3.05, 3.63) is 35.4 Å². The molecule has 1 atom stereocenters. The molecule has 1 saturated heterocycles. The summed E-state index contributed by atoms with van der Waals surface area (Å²) in [4.78, 5) is 13.8. The van der Waals surface area contributed by atoms with Crippen LogP contribution in [0.4, 0.5) is 8.78 Å². The van der Waals surface area contributed by atoms with Gasteiger partial charge in [0.25, 0.3) is 5.91 Å². The number of hydrogen-bond donors (Lipinski definition) is 0. The molecule has 98 valence electrons. The number of carbonyl (C=O) groups excluding carboxylic acids is 1. The normalized spacial score (nSPS) is 20.6. The van der Waals surface area contributed by atoms with Crippen LogP contribution in [0, 0.1) is 17.6 Å². The highest BCUT2D eigenvalue weighted by molar-refractivity contribution is 5.94. The molecule has 0 aliphatic carbocycles. The minimum absolute atomic E-state index is 0.162. The Labute approximate surface area is 106 Å². The molecule has 1 aliphatic heterocycles. The maximum Gasteiger partial charge on any atom is 0.256 e. The third-order valence-electron chi connectivity index (χ3n) is 3.49. The van der Waals surface area contributed by atoms with Gasteiger partial charge in [0.15, 0.2) is 11.6 Å². The lowest BCUT2D eigenvalue weighted by molar-refractivity contribution is 0.0754. The zero-order chi connectivity index (χ0) is 13.1. The first kappa shape index (κ1) is 13.0. The summed E-state index contributed by atoms with van der Waals surface area (Å²) in [5.41, 5.74) is -0.162. The number of rotatable bonds is 1. The van der Waals surface area contributed by atoms with Crippen LogP contribution in [0.5, 0.6) is 0 Å². The van der Waals surface area contributed by atoms with Gasteiger partial charge < -0.3 is 4.90 Å². The summed E-state index contributed by atoms with van der Waals surface area (Å²) in [7, 11) is 0. The van der Waals surface area contributed by atoms with E-state index in [0.29, 0.717) is 19.0 Å². The monoisotopic (exact) mass is 253 g/mol. The molecule has 1 aromatic carbocycles. The van der Waals surface area contributed by atoms with E-state index in [4.69, 9.17) is 0 Å². The first-order valence-electron chi connectivity index (χ1n) is 6.33. The number of halogens is 2. The van der Waals surface area contributed by atoms with E-state index in [9.17, 15) is 13.6 Å². The Bertz CT molecular complexity index is 447. The van der Waals surface area contributed by atoms with Crippen LogP contribution in [0.25, 0.3) is 0 Å². The topological polar surface area (TPSA) is 20.3 Å². The lowest BCUT2D eigenvalue weighted by Crippen LogP contribution is -2.32. The lowest BCUT2D eigenvalue weighted by Gasteiger charge is -2.20. The second-order valence-electron chi connectivity index (χ2n) is 4.93. The summed E-state index contributed by atoms with van der Waals surface area (Å²) in [6, 6.07) is 3.73. The van der Waals surface area contributed by atoms with Gasteiger partial charge in [-0.05, 0) is 37.3 Å². The van der Waals surface area contributed by atoms with Crippen LogP contribution < -0.4 is 0 Å². The Hall–Kier alpha value is -1.45. The molecule has 0 aromatic heterocycles. The fourth-order valence-corrected chi connectivity index (χ4v) is 2.31. The number of nitrogens with zero attached hydrogens (tertiary/aromatic N) is 1. The number of hydrogen-bond acceptors (Lipinski definition) is 1. The summed E-state index contributed by atoms with van der Waals surface area (Å²) in [6.07, 6.45) is 2.92. The predicted molar refractivity (Wildman–Crippen MR) is 65.3 cm³/mol. The molecule has 2 nitrogen and oxygen atoms in total. The zero-order valence-electron chi connectivity index (χ0n) is 10.5. The van der Waals surface area contributed by atoms with Gasteiger partial charge in [-0.2, -0.15) is 0 Å². The maximum atomic E-state index is 13.6. The van der Waals surface area contributed by atoms with Gasteiger partial charge in [-0.3, -0.25) is 4.79 Å². The molecule has 0 bridgehead atoms. The first-order chi connectivity index (χ1) is 8.59. The number of benzene rings is 1. The summed E-state index contributed by atoms with van der Waals surface area (Å²) in [5.74, 6) is -1.83. The van der Waals surface area contributed by atoms with Crippen LogP contribution >= 0.6 is 0 Å². The molecule has 0 spiro atoms. The number of likely N-dealkylation sites (tertiary alicyclic amines) is 1. The van der Waals surface area contributed by atoms with Gasteiger partial charge in [0.1, 0.15) is 0 Å². The molecule has 4 heteroatoms. The van der Waals surface area contributed by atoms with E-state index in [2.05, 4.69) is 6.92 Å². The molecular formula is C14H17F2NO. The number of carbonyl (C=O) groups is 1. The van der Waals surface area contributed by atoms with Crippen molar-refractivity contribution in [2.45, 2.75) is 26.2 Å². The zero-order valence-corrected chi connectivity index (χ0v) is 10.5. The highest BCUT2D eigenvalue weighted by Gasteiger charge is 2.23. The minimum atomic E-state index is -1.04. The van der Waals surface area contributed by atoms with Gasteiger partial charge in [-0.25, -0.2) is 8.78 Å². The van der Waals surface area contributed by atoms with E-state index in [1.807, 2.05) is 0 Å². The lowest BCUT2D eigenvalue weighted by atomic mass is 10.0. The summed E-state index contributed by atoms with van der Waals surface area (Å²) in [6.45, 7) is 3.39. The van der Waals surface area contributed by atoms with E-state index < -0.39 is 17.5 Å². The molecule has 1 heterocycles. The van der Waals surface area contributed by atoms with E-state index >= 15 is 0 Å². The van der Waals surface area contributed by atoms with Crippen LogP contribution in [0.1, 0.15) is 36.5 Å². The first-order valence-corrected chi connectivity index (χ1v) is 6.33. The molecule has 1 aliphatic rings.